The van der Waals surface area contributed by atoms with Gasteiger partial charge >= 0.3 is 0 Å². The second kappa shape index (κ2) is 12.1. The van der Waals surface area contributed by atoms with Gasteiger partial charge in [-0.1, -0.05) is 176 Å². The summed E-state index contributed by atoms with van der Waals surface area (Å²) in [5.74, 6) is 0.678. The first kappa shape index (κ1) is 32.3. The zero-order valence-corrected chi connectivity index (χ0v) is 32.7. The Hall–Kier alpha value is -6.79. The van der Waals surface area contributed by atoms with Crippen molar-refractivity contribution in [1.82, 2.24) is 14.5 Å². The largest absolute Gasteiger partial charge is 0.278 e. The van der Waals surface area contributed by atoms with Crippen LogP contribution in [-0.4, -0.2) is 14.5 Å². The first-order chi connectivity index (χ1) is 28.8. The SMILES string of the molecule is c1ccc(-c2ccc(-c3nc(-n4c5ccccc5c5c6c(ccc54)C4(c5ccccc5S6)c5ccccc5-c5ccccc54)nc4c3sc3ccccc34)cc2)cc1. The third-order valence-corrected chi connectivity index (χ3v) is 14.7. The highest BCUT2D eigenvalue weighted by Crippen LogP contribution is 2.63. The minimum absolute atomic E-state index is 0.453. The van der Waals surface area contributed by atoms with Gasteiger partial charge in [-0.3, -0.25) is 4.57 Å². The lowest BCUT2D eigenvalue weighted by molar-refractivity contribution is 0.726. The van der Waals surface area contributed by atoms with Gasteiger partial charge in [-0.15, -0.1) is 11.3 Å². The highest BCUT2D eigenvalue weighted by molar-refractivity contribution is 7.99. The van der Waals surface area contributed by atoms with E-state index in [1.54, 1.807) is 11.3 Å². The molecule has 11 aromatic rings. The molecule has 58 heavy (non-hydrogen) atoms. The zero-order chi connectivity index (χ0) is 38.0. The second-order valence-electron chi connectivity index (χ2n) is 15.2. The van der Waals surface area contributed by atoms with E-state index in [4.69, 9.17) is 9.97 Å². The molecule has 0 amide bonds. The van der Waals surface area contributed by atoms with Crippen LogP contribution in [0.5, 0.6) is 0 Å². The smallest absolute Gasteiger partial charge is 0.235 e. The molecule has 0 saturated heterocycles. The number of para-hydroxylation sites is 1. The zero-order valence-electron chi connectivity index (χ0n) is 31.1. The molecule has 4 heterocycles. The predicted octanol–water partition coefficient (Wildman–Crippen LogP) is 14.1. The molecular formula is C53H31N3S2. The molecule has 0 fully saturated rings. The highest BCUT2D eigenvalue weighted by Gasteiger charge is 2.50. The van der Waals surface area contributed by atoms with Gasteiger partial charge in [0.15, 0.2) is 0 Å². The first-order valence-electron chi connectivity index (χ1n) is 19.7. The number of nitrogens with zero attached hydrogens (tertiary/aromatic N) is 3. The average molecular weight is 774 g/mol. The van der Waals surface area contributed by atoms with E-state index in [0.29, 0.717) is 5.95 Å². The fourth-order valence-corrected chi connectivity index (χ4v) is 12.4. The molecule has 0 N–H and O–H groups in total. The molecule has 0 bridgehead atoms. The fourth-order valence-electron chi connectivity index (χ4n) is 9.91. The van der Waals surface area contributed by atoms with Gasteiger partial charge in [0.25, 0.3) is 0 Å². The molecule has 3 nitrogen and oxygen atoms in total. The fraction of sp³-hybridized carbons (Fsp3) is 0.0189. The third-order valence-electron chi connectivity index (χ3n) is 12.3. The summed E-state index contributed by atoms with van der Waals surface area (Å²) in [4.78, 5) is 13.6. The van der Waals surface area contributed by atoms with Crippen LogP contribution in [0.3, 0.4) is 0 Å². The van der Waals surface area contributed by atoms with Crippen LogP contribution in [0.15, 0.2) is 198 Å². The van der Waals surface area contributed by atoms with Crippen molar-refractivity contribution in [2.45, 2.75) is 15.2 Å². The van der Waals surface area contributed by atoms with Crippen molar-refractivity contribution in [1.29, 1.82) is 0 Å². The van der Waals surface area contributed by atoms with E-state index in [1.807, 2.05) is 11.8 Å². The summed E-state index contributed by atoms with van der Waals surface area (Å²) in [6, 6.07) is 68.7. The number of aromatic nitrogens is 3. The van der Waals surface area contributed by atoms with Crippen molar-refractivity contribution in [2.24, 2.45) is 0 Å². The van der Waals surface area contributed by atoms with Crippen LogP contribution >= 0.6 is 23.1 Å². The van der Waals surface area contributed by atoms with Crippen molar-refractivity contribution < 1.29 is 0 Å². The van der Waals surface area contributed by atoms with E-state index in [0.717, 1.165) is 37.9 Å². The lowest BCUT2D eigenvalue weighted by Gasteiger charge is -2.40. The molecule has 0 radical (unpaired) electrons. The Morgan fingerprint density at radius 2 is 1.07 bits per heavy atom. The van der Waals surface area contributed by atoms with E-state index in [9.17, 15) is 0 Å². The van der Waals surface area contributed by atoms with Crippen LogP contribution in [0.2, 0.25) is 0 Å². The second-order valence-corrected chi connectivity index (χ2v) is 17.3. The summed E-state index contributed by atoms with van der Waals surface area (Å²) >= 11 is 3.67. The molecule has 1 aliphatic heterocycles. The van der Waals surface area contributed by atoms with Gasteiger partial charge in [0.2, 0.25) is 5.95 Å². The number of hydrogen-bond acceptors (Lipinski definition) is 4. The maximum atomic E-state index is 5.55. The topological polar surface area (TPSA) is 30.7 Å². The summed E-state index contributed by atoms with van der Waals surface area (Å²) < 4.78 is 4.62. The molecule has 1 spiro atoms. The van der Waals surface area contributed by atoms with Crippen LogP contribution in [0.25, 0.3) is 81.6 Å². The lowest BCUT2D eigenvalue weighted by Crippen LogP contribution is -2.32. The minimum Gasteiger partial charge on any atom is -0.278 e. The van der Waals surface area contributed by atoms with Crippen LogP contribution in [0, 0.1) is 0 Å². The number of thiophene rings is 1. The molecule has 8 aromatic carbocycles. The van der Waals surface area contributed by atoms with Gasteiger partial charge in [0, 0.05) is 36.2 Å². The summed E-state index contributed by atoms with van der Waals surface area (Å²) in [6.07, 6.45) is 0. The number of benzene rings is 8. The summed E-state index contributed by atoms with van der Waals surface area (Å²) in [6.45, 7) is 0. The Labute approximate surface area is 342 Å². The standard InChI is InChI=1S/C53H31N3S2/c1-2-14-32(15-3-1)33-26-28-34(29-27-33)48-51-49(38-19-7-12-24-45(38)57-51)55-52(54-48)56-43-23-11-6-18-37(43)47-44(56)31-30-42-50(47)58-46-25-13-10-22-41(46)53(42)39-20-8-4-16-35(39)36-17-5-9-21-40(36)53/h1-31H. The molecule has 0 saturated carbocycles. The van der Waals surface area contributed by atoms with Crippen LogP contribution < -0.4 is 0 Å². The molecule has 5 heteroatoms. The van der Waals surface area contributed by atoms with Crippen LogP contribution in [0.4, 0.5) is 0 Å². The molecule has 2 aliphatic rings. The van der Waals surface area contributed by atoms with E-state index >= 15 is 0 Å². The van der Waals surface area contributed by atoms with Crippen LogP contribution in [-0.2, 0) is 5.41 Å². The van der Waals surface area contributed by atoms with Gasteiger partial charge in [-0.25, -0.2) is 9.97 Å². The normalized spacial score (nSPS) is 13.6. The average Bonchev–Trinajstić information content (AvgIpc) is 3.94. The van der Waals surface area contributed by atoms with Gasteiger partial charge in [-0.2, -0.15) is 0 Å². The predicted molar refractivity (Wildman–Crippen MR) is 242 cm³/mol. The van der Waals surface area contributed by atoms with Crippen molar-refractivity contribution in [3.05, 3.63) is 210 Å². The van der Waals surface area contributed by atoms with Crippen LogP contribution in [0.1, 0.15) is 22.3 Å². The third kappa shape index (κ3) is 4.29. The maximum absolute atomic E-state index is 5.55. The van der Waals surface area contributed by atoms with E-state index in [-0.39, 0.29) is 0 Å². The Bertz CT molecular complexity index is 3440. The summed E-state index contributed by atoms with van der Waals surface area (Å²) in [5, 5.41) is 3.59. The van der Waals surface area contributed by atoms with E-state index < -0.39 is 5.41 Å². The van der Waals surface area contributed by atoms with E-state index in [1.165, 1.54) is 69.8 Å². The number of rotatable bonds is 3. The minimum atomic E-state index is -0.453. The van der Waals surface area contributed by atoms with Crippen molar-refractivity contribution in [3.63, 3.8) is 0 Å². The first-order valence-corrected chi connectivity index (χ1v) is 21.3. The Kier molecular flexibility index (Phi) is 6.75. The van der Waals surface area contributed by atoms with Crippen molar-refractivity contribution in [3.8, 4) is 39.5 Å². The van der Waals surface area contributed by atoms with Gasteiger partial charge in [-0.05, 0) is 68.8 Å². The highest BCUT2D eigenvalue weighted by atomic mass is 32.2. The number of hydrogen-bond donors (Lipinski definition) is 0. The molecule has 1 aliphatic carbocycles. The van der Waals surface area contributed by atoms with E-state index in [2.05, 4.69) is 193 Å². The molecule has 13 rings (SSSR count). The molecule has 270 valence electrons. The lowest BCUT2D eigenvalue weighted by atomic mass is 9.67. The van der Waals surface area contributed by atoms with Crippen molar-refractivity contribution in [2.75, 3.05) is 0 Å². The Balaban J connectivity index is 1.11. The van der Waals surface area contributed by atoms with Crippen molar-refractivity contribution >= 4 is 65.2 Å². The summed E-state index contributed by atoms with van der Waals surface area (Å²) in [7, 11) is 0. The molecule has 0 unspecified atom stereocenters. The van der Waals surface area contributed by atoms with Gasteiger partial charge < -0.3 is 0 Å². The Morgan fingerprint density at radius 3 is 1.86 bits per heavy atom. The molecular weight excluding hydrogens is 743 g/mol. The maximum Gasteiger partial charge on any atom is 0.235 e. The van der Waals surface area contributed by atoms with Gasteiger partial charge in [0.05, 0.1) is 32.4 Å². The number of fused-ring (bicyclic) bond motifs is 16. The quantitative estimate of drug-likeness (QED) is 0.179. The van der Waals surface area contributed by atoms with Gasteiger partial charge in [0.1, 0.15) is 0 Å². The molecule has 0 atom stereocenters. The molecule has 3 aromatic heterocycles. The Morgan fingerprint density at radius 1 is 0.448 bits per heavy atom. The monoisotopic (exact) mass is 773 g/mol. The summed E-state index contributed by atoms with van der Waals surface area (Å²) in [5.41, 5.74) is 15.1.